The highest BCUT2D eigenvalue weighted by Crippen LogP contribution is 2.25. The zero-order chi connectivity index (χ0) is 19.2. The Morgan fingerprint density at radius 3 is 2.74 bits per heavy atom. The summed E-state index contributed by atoms with van der Waals surface area (Å²) in [5.41, 5.74) is 2.79. The van der Waals surface area contributed by atoms with Crippen LogP contribution in [0.1, 0.15) is 5.56 Å². The third-order valence-electron chi connectivity index (χ3n) is 3.86. The SMILES string of the molecule is C=CCn1c(SCC(=O)Nc2ccc(Br)cc2C)nnc1-c1ccccc1. The van der Waals surface area contributed by atoms with Gasteiger partial charge in [0, 0.05) is 22.3 Å². The van der Waals surface area contributed by atoms with Crippen LogP contribution in [0.3, 0.4) is 0 Å². The first-order chi connectivity index (χ1) is 13.1. The summed E-state index contributed by atoms with van der Waals surface area (Å²) in [7, 11) is 0. The topological polar surface area (TPSA) is 59.8 Å². The number of aromatic nitrogens is 3. The van der Waals surface area contributed by atoms with E-state index in [2.05, 4.69) is 38.0 Å². The number of thioether (sulfide) groups is 1. The predicted molar refractivity (Wildman–Crippen MR) is 114 cm³/mol. The van der Waals surface area contributed by atoms with E-state index in [-0.39, 0.29) is 11.7 Å². The molecular weight excluding hydrogens is 424 g/mol. The smallest absolute Gasteiger partial charge is 0.234 e. The number of nitrogens with one attached hydrogen (secondary N) is 1. The quantitative estimate of drug-likeness (QED) is 0.416. The predicted octanol–water partition coefficient (Wildman–Crippen LogP) is 4.93. The van der Waals surface area contributed by atoms with Crippen LogP contribution in [0.5, 0.6) is 0 Å². The van der Waals surface area contributed by atoms with E-state index in [0.29, 0.717) is 11.7 Å². The highest BCUT2D eigenvalue weighted by atomic mass is 79.9. The Labute approximate surface area is 171 Å². The Hall–Kier alpha value is -2.38. The molecule has 1 amide bonds. The molecule has 1 N–H and O–H groups in total. The minimum Gasteiger partial charge on any atom is -0.325 e. The van der Waals surface area contributed by atoms with E-state index in [1.165, 1.54) is 11.8 Å². The average Bonchev–Trinajstić information content (AvgIpc) is 3.06. The molecule has 0 saturated heterocycles. The number of benzene rings is 2. The molecule has 0 saturated carbocycles. The van der Waals surface area contributed by atoms with Crippen molar-refractivity contribution in [2.75, 3.05) is 11.1 Å². The molecule has 0 unspecified atom stereocenters. The molecule has 7 heteroatoms. The van der Waals surface area contributed by atoms with Gasteiger partial charge in [-0.1, -0.05) is 64.1 Å². The van der Waals surface area contributed by atoms with Crippen LogP contribution in [0.2, 0.25) is 0 Å². The fourth-order valence-corrected chi connectivity index (χ4v) is 3.80. The van der Waals surface area contributed by atoms with Crippen LogP contribution in [0.15, 0.2) is 70.8 Å². The summed E-state index contributed by atoms with van der Waals surface area (Å²) in [5.74, 6) is 0.932. The van der Waals surface area contributed by atoms with Crippen LogP contribution >= 0.6 is 27.7 Å². The summed E-state index contributed by atoms with van der Waals surface area (Å²) in [5, 5.41) is 12.2. The maximum atomic E-state index is 12.3. The van der Waals surface area contributed by atoms with Gasteiger partial charge in [0.15, 0.2) is 11.0 Å². The first-order valence-corrected chi connectivity index (χ1v) is 10.1. The second-order valence-electron chi connectivity index (χ2n) is 5.87. The molecule has 1 heterocycles. The third kappa shape index (κ3) is 4.87. The molecule has 0 radical (unpaired) electrons. The molecule has 5 nitrogen and oxygen atoms in total. The number of allylic oxidation sites excluding steroid dienone is 1. The Morgan fingerprint density at radius 2 is 2.04 bits per heavy atom. The molecule has 2 aromatic carbocycles. The molecule has 0 aliphatic carbocycles. The molecule has 0 bridgehead atoms. The van der Waals surface area contributed by atoms with E-state index in [1.807, 2.05) is 60.0 Å². The average molecular weight is 443 g/mol. The van der Waals surface area contributed by atoms with Crippen molar-refractivity contribution >= 4 is 39.3 Å². The molecule has 138 valence electrons. The summed E-state index contributed by atoms with van der Waals surface area (Å²) in [6, 6.07) is 15.6. The molecular formula is C20H19BrN4OS. The van der Waals surface area contributed by atoms with E-state index in [0.717, 1.165) is 27.1 Å². The van der Waals surface area contributed by atoms with Crippen molar-refractivity contribution in [2.45, 2.75) is 18.6 Å². The Morgan fingerprint density at radius 1 is 1.26 bits per heavy atom. The summed E-state index contributed by atoms with van der Waals surface area (Å²) >= 11 is 4.78. The van der Waals surface area contributed by atoms with Gasteiger partial charge in [0.2, 0.25) is 5.91 Å². The number of anilines is 1. The molecule has 0 aliphatic rings. The van der Waals surface area contributed by atoms with Crippen LogP contribution in [0.4, 0.5) is 5.69 Å². The summed E-state index contributed by atoms with van der Waals surface area (Å²) < 4.78 is 2.95. The van der Waals surface area contributed by atoms with Gasteiger partial charge in [-0.05, 0) is 30.7 Å². The zero-order valence-electron chi connectivity index (χ0n) is 14.9. The number of hydrogen-bond donors (Lipinski definition) is 1. The normalized spacial score (nSPS) is 10.6. The van der Waals surface area contributed by atoms with E-state index < -0.39 is 0 Å². The summed E-state index contributed by atoms with van der Waals surface area (Å²) in [6.45, 7) is 6.35. The Bertz CT molecular complexity index is 956. The molecule has 1 aromatic heterocycles. The minimum atomic E-state index is -0.0835. The lowest BCUT2D eigenvalue weighted by atomic mass is 10.2. The van der Waals surface area contributed by atoms with Crippen molar-refractivity contribution in [1.29, 1.82) is 0 Å². The number of rotatable bonds is 7. The van der Waals surface area contributed by atoms with Gasteiger partial charge in [0.05, 0.1) is 5.75 Å². The van der Waals surface area contributed by atoms with Crippen molar-refractivity contribution in [2.24, 2.45) is 0 Å². The maximum absolute atomic E-state index is 12.3. The number of carbonyl (C=O) groups is 1. The fraction of sp³-hybridized carbons (Fsp3) is 0.150. The van der Waals surface area contributed by atoms with E-state index in [1.54, 1.807) is 6.08 Å². The lowest BCUT2D eigenvalue weighted by molar-refractivity contribution is -0.113. The van der Waals surface area contributed by atoms with Gasteiger partial charge in [-0.2, -0.15) is 0 Å². The van der Waals surface area contributed by atoms with Gasteiger partial charge in [0.25, 0.3) is 0 Å². The number of amides is 1. The number of hydrogen-bond acceptors (Lipinski definition) is 4. The van der Waals surface area contributed by atoms with E-state index >= 15 is 0 Å². The maximum Gasteiger partial charge on any atom is 0.234 e. The summed E-state index contributed by atoms with van der Waals surface area (Å²) in [6.07, 6.45) is 1.80. The van der Waals surface area contributed by atoms with Crippen LogP contribution in [0, 0.1) is 6.92 Å². The minimum absolute atomic E-state index is 0.0835. The largest absolute Gasteiger partial charge is 0.325 e. The standard InChI is InChI=1S/C20H19BrN4OS/c1-3-11-25-19(15-7-5-4-6-8-15)23-24-20(25)27-13-18(26)22-17-10-9-16(21)12-14(17)2/h3-10,12H,1,11,13H2,2H3,(H,22,26). The highest BCUT2D eigenvalue weighted by Gasteiger charge is 2.15. The van der Waals surface area contributed by atoms with Gasteiger partial charge in [-0.15, -0.1) is 16.8 Å². The van der Waals surface area contributed by atoms with E-state index in [4.69, 9.17) is 0 Å². The van der Waals surface area contributed by atoms with Crippen LogP contribution in [-0.4, -0.2) is 26.4 Å². The molecule has 27 heavy (non-hydrogen) atoms. The second kappa shape index (κ2) is 9.01. The number of nitrogens with zero attached hydrogens (tertiary/aromatic N) is 3. The van der Waals surface area contributed by atoms with Crippen molar-refractivity contribution in [3.05, 3.63) is 71.2 Å². The van der Waals surface area contributed by atoms with Crippen molar-refractivity contribution < 1.29 is 4.79 Å². The summed E-state index contributed by atoms with van der Waals surface area (Å²) in [4.78, 5) is 12.3. The second-order valence-corrected chi connectivity index (χ2v) is 7.73. The zero-order valence-corrected chi connectivity index (χ0v) is 17.3. The van der Waals surface area contributed by atoms with Crippen LogP contribution < -0.4 is 5.32 Å². The molecule has 0 spiro atoms. The Balaban J connectivity index is 1.71. The molecule has 3 aromatic rings. The van der Waals surface area contributed by atoms with Gasteiger partial charge >= 0.3 is 0 Å². The number of aryl methyl sites for hydroxylation is 1. The third-order valence-corrected chi connectivity index (χ3v) is 5.32. The first-order valence-electron chi connectivity index (χ1n) is 8.37. The molecule has 0 fully saturated rings. The molecule has 3 rings (SSSR count). The van der Waals surface area contributed by atoms with Gasteiger partial charge in [-0.3, -0.25) is 9.36 Å². The van der Waals surface area contributed by atoms with E-state index in [9.17, 15) is 4.79 Å². The van der Waals surface area contributed by atoms with Crippen LogP contribution in [0.25, 0.3) is 11.4 Å². The van der Waals surface area contributed by atoms with Crippen molar-refractivity contribution in [1.82, 2.24) is 14.8 Å². The van der Waals surface area contributed by atoms with Crippen LogP contribution in [-0.2, 0) is 11.3 Å². The van der Waals surface area contributed by atoms with Crippen molar-refractivity contribution in [3.8, 4) is 11.4 Å². The molecule has 0 aliphatic heterocycles. The lowest BCUT2D eigenvalue weighted by Crippen LogP contribution is -2.15. The van der Waals surface area contributed by atoms with Gasteiger partial charge in [0.1, 0.15) is 0 Å². The fourth-order valence-electron chi connectivity index (χ4n) is 2.57. The highest BCUT2D eigenvalue weighted by molar-refractivity contribution is 9.10. The number of halogens is 1. The van der Waals surface area contributed by atoms with Gasteiger partial charge < -0.3 is 5.32 Å². The molecule has 0 atom stereocenters. The number of carbonyl (C=O) groups excluding carboxylic acids is 1. The lowest BCUT2D eigenvalue weighted by Gasteiger charge is -2.09. The van der Waals surface area contributed by atoms with Crippen molar-refractivity contribution in [3.63, 3.8) is 0 Å². The Kier molecular flexibility index (Phi) is 6.47. The monoisotopic (exact) mass is 442 g/mol. The first kappa shape index (κ1) is 19.4. The van der Waals surface area contributed by atoms with Gasteiger partial charge in [-0.25, -0.2) is 0 Å².